The van der Waals surface area contributed by atoms with Crippen LogP contribution in [-0.2, 0) is 0 Å². The number of pyridine rings is 1. The largest absolute Gasteiger partial charge is 0.493 e. The molecule has 1 aliphatic heterocycles. The zero-order valence-corrected chi connectivity index (χ0v) is 17.5. The molecule has 0 unspecified atom stereocenters. The van der Waals surface area contributed by atoms with Gasteiger partial charge in [-0.15, -0.1) is 0 Å². The van der Waals surface area contributed by atoms with Crippen molar-refractivity contribution in [2.45, 2.75) is 45.1 Å². The average molecular weight is 413 g/mol. The molecule has 0 radical (unpaired) electrons. The van der Waals surface area contributed by atoms with Gasteiger partial charge in [0.2, 0.25) is 0 Å². The molecular weight excluding hydrogens is 386 g/mol. The van der Waals surface area contributed by atoms with Crippen molar-refractivity contribution in [1.29, 1.82) is 0 Å². The quantitative estimate of drug-likeness (QED) is 0.704. The molecule has 7 nitrogen and oxygen atoms in total. The molecule has 1 aliphatic carbocycles. The minimum Gasteiger partial charge on any atom is -0.493 e. The lowest BCUT2D eigenvalue weighted by Gasteiger charge is -2.40. The van der Waals surface area contributed by atoms with Gasteiger partial charge in [0.1, 0.15) is 5.56 Å². The maximum absolute atomic E-state index is 12.5. The zero-order chi connectivity index (χ0) is 21.6. The Morgan fingerprint density at radius 2 is 2.03 bits per heavy atom. The maximum Gasteiger partial charge on any atom is 0.341 e. The van der Waals surface area contributed by atoms with Gasteiger partial charge in [0.25, 0.3) is 0 Å². The molecule has 0 amide bonds. The van der Waals surface area contributed by atoms with Gasteiger partial charge in [0, 0.05) is 42.8 Å². The van der Waals surface area contributed by atoms with Crippen LogP contribution in [0.25, 0.3) is 11.3 Å². The number of benzene rings is 1. The summed E-state index contributed by atoms with van der Waals surface area (Å²) in [5.41, 5.74) is 1.90. The van der Waals surface area contributed by atoms with E-state index >= 15 is 0 Å². The predicted octanol–water partition coefficient (Wildman–Crippen LogP) is 3.44. The van der Waals surface area contributed by atoms with Crippen molar-refractivity contribution in [1.82, 2.24) is 4.57 Å². The van der Waals surface area contributed by atoms with Crippen molar-refractivity contribution in [2.75, 3.05) is 20.3 Å². The van der Waals surface area contributed by atoms with Crippen LogP contribution in [0.1, 0.15) is 61.0 Å². The highest BCUT2D eigenvalue weighted by atomic mass is 16.5. The second kappa shape index (κ2) is 7.47. The Morgan fingerprint density at radius 3 is 2.70 bits per heavy atom. The first-order chi connectivity index (χ1) is 14.3. The Balaban J connectivity index is 1.94. The van der Waals surface area contributed by atoms with E-state index in [0.717, 1.165) is 24.0 Å². The van der Waals surface area contributed by atoms with Crippen LogP contribution < -0.4 is 14.9 Å². The summed E-state index contributed by atoms with van der Waals surface area (Å²) in [4.78, 5) is 24.1. The molecule has 2 atom stereocenters. The molecule has 2 aromatic rings. The van der Waals surface area contributed by atoms with Crippen LogP contribution in [0.5, 0.6) is 11.5 Å². The van der Waals surface area contributed by atoms with Gasteiger partial charge in [-0.3, -0.25) is 4.79 Å². The van der Waals surface area contributed by atoms with Crippen molar-refractivity contribution in [3.63, 3.8) is 0 Å². The SMILES string of the molecule is COc1cc2c(cc1OCCCO)[C@@H]1CCC(C)(C)[C@@H]1n1cc(C(=O)O)c(=O)cc1-2. The van der Waals surface area contributed by atoms with E-state index in [0.29, 0.717) is 30.2 Å². The molecule has 1 fully saturated rings. The lowest BCUT2D eigenvalue weighted by atomic mass is 9.77. The van der Waals surface area contributed by atoms with E-state index in [1.54, 1.807) is 7.11 Å². The minimum absolute atomic E-state index is 0.0392. The fourth-order valence-corrected chi connectivity index (χ4v) is 5.05. The molecule has 1 aromatic carbocycles. The van der Waals surface area contributed by atoms with Crippen LogP contribution >= 0.6 is 0 Å². The van der Waals surface area contributed by atoms with E-state index in [2.05, 4.69) is 13.8 Å². The van der Waals surface area contributed by atoms with Gasteiger partial charge in [0.15, 0.2) is 16.9 Å². The van der Waals surface area contributed by atoms with Crippen LogP contribution in [0.4, 0.5) is 0 Å². The average Bonchev–Trinajstić information content (AvgIpc) is 3.02. The molecule has 7 heteroatoms. The number of carbonyl (C=O) groups is 1. The second-order valence-electron chi connectivity index (χ2n) is 8.74. The number of aliphatic hydroxyl groups excluding tert-OH is 1. The van der Waals surface area contributed by atoms with Crippen LogP contribution in [-0.4, -0.2) is 41.1 Å². The fourth-order valence-electron chi connectivity index (χ4n) is 5.05. The van der Waals surface area contributed by atoms with E-state index in [1.807, 2.05) is 16.7 Å². The number of methoxy groups -OCH3 is 1. The number of ether oxygens (including phenoxy) is 2. The van der Waals surface area contributed by atoms with Gasteiger partial charge < -0.3 is 24.3 Å². The number of rotatable bonds is 6. The smallest absolute Gasteiger partial charge is 0.341 e. The van der Waals surface area contributed by atoms with Gasteiger partial charge in [-0.1, -0.05) is 13.8 Å². The number of carboxylic acid groups (broad SMARTS) is 1. The van der Waals surface area contributed by atoms with Crippen LogP contribution in [0.3, 0.4) is 0 Å². The molecule has 30 heavy (non-hydrogen) atoms. The maximum atomic E-state index is 12.5. The molecular formula is C23H27NO6. The Bertz CT molecular complexity index is 1050. The molecule has 160 valence electrons. The topological polar surface area (TPSA) is 98.0 Å². The van der Waals surface area contributed by atoms with Crippen LogP contribution in [0.15, 0.2) is 29.2 Å². The lowest BCUT2D eigenvalue weighted by molar-refractivity contribution is 0.0693. The van der Waals surface area contributed by atoms with Gasteiger partial charge in [-0.25, -0.2) is 4.79 Å². The molecule has 2 N–H and O–H groups in total. The van der Waals surface area contributed by atoms with Crippen molar-refractivity contribution in [3.8, 4) is 22.8 Å². The summed E-state index contributed by atoms with van der Waals surface area (Å²) in [6, 6.07) is 5.33. The number of aliphatic hydroxyl groups is 1. The predicted molar refractivity (Wildman–Crippen MR) is 112 cm³/mol. The summed E-state index contributed by atoms with van der Waals surface area (Å²) in [5.74, 6) is 0.131. The number of hydrogen-bond acceptors (Lipinski definition) is 5. The molecule has 1 saturated carbocycles. The summed E-state index contributed by atoms with van der Waals surface area (Å²) >= 11 is 0. The summed E-state index contributed by atoms with van der Waals surface area (Å²) in [5, 5.41) is 18.5. The normalized spacial score (nSPS) is 20.8. The van der Waals surface area contributed by atoms with Crippen molar-refractivity contribution in [2.24, 2.45) is 5.41 Å². The molecule has 2 heterocycles. The summed E-state index contributed by atoms with van der Waals surface area (Å²) in [6.07, 6.45) is 3.98. The third-order valence-electron chi connectivity index (χ3n) is 6.46. The second-order valence-corrected chi connectivity index (χ2v) is 8.74. The van der Waals surface area contributed by atoms with Crippen LogP contribution in [0.2, 0.25) is 0 Å². The number of hydrogen-bond donors (Lipinski definition) is 2. The number of fused-ring (bicyclic) bond motifs is 6. The molecule has 1 aromatic heterocycles. The van der Waals surface area contributed by atoms with Crippen molar-refractivity contribution in [3.05, 3.63) is 45.7 Å². The molecule has 0 bridgehead atoms. The summed E-state index contributed by atoms with van der Waals surface area (Å²) < 4.78 is 13.4. The van der Waals surface area contributed by atoms with E-state index < -0.39 is 11.4 Å². The van der Waals surface area contributed by atoms with E-state index in [1.165, 1.54) is 12.3 Å². The number of nitrogens with zero attached hydrogens (tertiary/aromatic N) is 1. The number of aromatic nitrogens is 1. The third kappa shape index (κ3) is 3.17. The fraction of sp³-hybridized carbons (Fsp3) is 0.478. The zero-order valence-electron chi connectivity index (χ0n) is 17.5. The highest BCUT2D eigenvalue weighted by molar-refractivity contribution is 5.88. The van der Waals surface area contributed by atoms with Gasteiger partial charge in [-0.2, -0.15) is 0 Å². The van der Waals surface area contributed by atoms with E-state index in [-0.39, 0.29) is 29.5 Å². The highest BCUT2D eigenvalue weighted by Crippen LogP contribution is 2.59. The number of aromatic carboxylic acids is 1. The summed E-state index contributed by atoms with van der Waals surface area (Å²) in [7, 11) is 1.56. The Labute approximate surface area is 174 Å². The molecule has 4 rings (SSSR count). The van der Waals surface area contributed by atoms with Gasteiger partial charge >= 0.3 is 5.97 Å². The van der Waals surface area contributed by atoms with Gasteiger partial charge in [0.05, 0.1) is 19.4 Å². The summed E-state index contributed by atoms with van der Waals surface area (Å²) in [6.45, 7) is 4.80. The van der Waals surface area contributed by atoms with Crippen LogP contribution in [0, 0.1) is 5.41 Å². The Morgan fingerprint density at radius 1 is 1.27 bits per heavy atom. The van der Waals surface area contributed by atoms with E-state index in [4.69, 9.17) is 14.6 Å². The first-order valence-corrected chi connectivity index (χ1v) is 10.2. The van der Waals surface area contributed by atoms with Crippen molar-refractivity contribution < 1.29 is 24.5 Å². The van der Waals surface area contributed by atoms with Gasteiger partial charge in [-0.05, 0) is 36.0 Å². The standard InChI is InChI=1S/C23H27NO6/c1-23(2)6-5-13-14-9-20(30-8-4-7-25)19(29-3)10-15(14)17-11-18(26)16(22(27)28)12-24(17)21(13)23/h9-13,21,25H,4-8H2,1-3H3,(H,27,28)/t13-,21+/m0/s1. The minimum atomic E-state index is -1.21. The third-order valence-corrected chi connectivity index (χ3v) is 6.46. The molecule has 0 saturated heterocycles. The number of carboxylic acids is 1. The Kier molecular flexibility index (Phi) is 5.10. The first-order valence-electron chi connectivity index (χ1n) is 10.2. The van der Waals surface area contributed by atoms with E-state index in [9.17, 15) is 14.7 Å². The van der Waals surface area contributed by atoms with Crippen molar-refractivity contribution >= 4 is 5.97 Å². The monoisotopic (exact) mass is 413 g/mol. The Hall–Kier alpha value is -2.80. The highest BCUT2D eigenvalue weighted by Gasteiger charge is 2.47. The first kappa shape index (κ1) is 20.5. The molecule has 2 aliphatic rings. The molecule has 0 spiro atoms. The lowest BCUT2D eigenvalue weighted by Crippen LogP contribution is -2.32.